The molecule has 2 aromatic rings. The topological polar surface area (TPSA) is 205 Å². The van der Waals surface area contributed by atoms with Gasteiger partial charge in [0.25, 0.3) is 0 Å². The van der Waals surface area contributed by atoms with E-state index in [0.717, 1.165) is 0 Å². The van der Waals surface area contributed by atoms with Crippen LogP contribution in [0, 0.1) is 0 Å². The molecule has 34 heavy (non-hydrogen) atoms. The first-order valence-corrected chi connectivity index (χ1v) is 10.6. The molecule has 3 heterocycles. The molecule has 0 bridgehead atoms. The van der Waals surface area contributed by atoms with Gasteiger partial charge in [0.05, 0.1) is 19.5 Å². The van der Waals surface area contributed by atoms with Crippen LogP contribution in [0.4, 0.5) is 10.6 Å². The van der Waals surface area contributed by atoms with Crippen molar-refractivity contribution in [1.29, 1.82) is 0 Å². The maximum atomic E-state index is 12.0. The predicted octanol–water partition coefficient (Wildman–Crippen LogP) is -1.13. The van der Waals surface area contributed by atoms with Crippen LogP contribution in [-0.2, 0) is 25.5 Å². The minimum absolute atomic E-state index is 0.0795. The molecule has 3 rings (SSSR count). The fraction of sp³-hybridized carbons (Fsp3) is 0.579. The first kappa shape index (κ1) is 24.9. The van der Waals surface area contributed by atoms with Gasteiger partial charge in [-0.3, -0.25) is 4.99 Å². The first-order chi connectivity index (χ1) is 16.2. The van der Waals surface area contributed by atoms with E-state index in [0.29, 0.717) is 29.9 Å². The lowest BCUT2D eigenvalue weighted by Crippen LogP contribution is -2.42. The molecule has 0 aromatic carbocycles. The summed E-state index contributed by atoms with van der Waals surface area (Å²) in [4.78, 5) is 41.9. The lowest BCUT2D eigenvalue weighted by Gasteiger charge is -2.16. The SMILES string of the molecule is CN(C)c1ncnc2c1ncn2CC1OCC(COC(=O)N[C@@H](CCCN=C(N)N)C(=O)O)O1. The van der Waals surface area contributed by atoms with Crippen LogP contribution in [-0.4, -0.2) is 94.9 Å². The molecule has 15 heteroatoms. The number of alkyl carbamates (subject to hydrolysis) is 1. The van der Waals surface area contributed by atoms with Gasteiger partial charge in [0.1, 0.15) is 25.1 Å². The largest absolute Gasteiger partial charge is 0.480 e. The average molecular weight is 479 g/mol. The molecule has 2 aromatic heterocycles. The summed E-state index contributed by atoms with van der Waals surface area (Å²) < 4.78 is 18.3. The number of anilines is 1. The summed E-state index contributed by atoms with van der Waals surface area (Å²) in [6.45, 7) is 0.704. The molecule has 3 atom stereocenters. The van der Waals surface area contributed by atoms with Gasteiger partial charge in [-0.15, -0.1) is 0 Å². The molecule has 2 unspecified atom stereocenters. The Labute approximate surface area is 195 Å². The number of aliphatic imine (C=N–C) groups is 1. The number of nitrogens with two attached hydrogens (primary N) is 2. The number of ether oxygens (including phenoxy) is 3. The number of rotatable bonds is 11. The molecule has 0 radical (unpaired) electrons. The van der Waals surface area contributed by atoms with Crippen LogP contribution in [0.1, 0.15) is 12.8 Å². The molecule has 186 valence electrons. The van der Waals surface area contributed by atoms with Gasteiger partial charge in [0.2, 0.25) is 0 Å². The van der Waals surface area contributed by atoms with Crippen molar-refractivity contribution in [3.05, 3.63) is 12.7 Å². The molecule has 0 spiro atoms. The number of fused-ring (bicyclic) bond motifs is 1. The fourth-order valence-corrected chi connectivity index (χ4v) is 3.29. The lowest BCUT2D eigenvalue weighted by atomic mass is 10.1. The van der Waals surface area contributed by atoms with Crippen LogP contribution in [0.15, 0.2) is 17.6 Å². The number of guanidine groups is 1. The molecular formula is C19H29N9O6. The van der Waals surface area contributed by atoms with Crippen molar-refractivity contribution in [2.75, 3.05) is 38.8 Å². The van der Waals surface area contributed by atoms with E-state index in [4.69, 9.17) is 25.7 Å². The van der Waals surface area contributed by atoms with Crippen molar-refractivity contribution in [2.24, 2.45) is 16.5 Å². The number of carbonyl (C=O) groups excluding carboxylic acids is 1. The Hall–Kier alpha value is -3.72. The smallest absolute Gasteiger partial charge is 0.407 e. The number of carbonyl (C=O) groups is 2. The number of amides is 1. The summed E-state index contributed by atoms with van der Waals surface area (Å²) in [6.07, 6.45) is 1.67. The minimum Gasteiger partial charge on any atom is -0.480 e. The fourth-order valence-electron chi connectivity index (χ4n) is 3.29. The number of carboxylic acids is 1. The van der Waals surface area contributed by atoms with E-state index >= 15 is 0 Å². The number of hydrogen-bond acceptors (Lipinski definition) is 10. The third-order valence-electron chi connectivity index (χ3n) is 4.90. The van der Waals surface area contributed by atoms with E-state index in [1.165, 1.54) is 6.33 Å². The van der Waals surface area contributed by atoms with Gasteiger partial charge in [-0.2, -0.15) is 0 Å². The molecule has 15 nitrogen and oxygen atoms in total. The third kappa shape index (κ3) is 6.64. The van der Waals surface area contributed by atoms with Crippen LogP contribution in [0.5, 0.6) is 0 Å². The summed E-state index contributed by atoms with van der Waals surface area (Å²) in [5.74, 6) is -0.565. The number of aromatic nitrogens is 4. The van der Waals surface area contributed by atoms with Crippen molar-refractivity contribution in [2.45, 2.75) is 37.8 Å². The van der Waals surface area contributed by atoms with Gasteiger partial charge in [0.15, 0.2) is 29.2 Å². The molecule has 1 amide bonds. The summed E-state index contributed by atoms with van der Waals surface area (Å²) in [7, 11) is 3.74. The lowest BCUT2D eigenvalue weighted by molar-refractivity contribution is -0.139. The van der Waals surface area contributed by atoms with Crippen LogP contribution >= 0.6 is 0 Å². The third-order valence-corrected chi connectivity index (χ3v) is 4.90. The Kier molecular flexibility index (Phi) is 8.37. The second-order valence-corrected chi connectivity index (χ2v) is 7.76. The molecule has 1 saturated heterocycles. The van der Waals surface area contributed by atoms with E-state index in [1.54, 1.807) is 10.9 Å². The Morgan fingerprint density at radius 1 is 1.38 bits per heavy atom. The van der Waals surface area contributed by atoms with Gasteiger partial charge in [-0.1, -0.05) is 0 Å². The average Bonchev–Trinajstić information content (AvgIpc) is 3.41. The zero-order valence-electron chi connectivity index (χ0n) is 19.0. The summed E-state index contributed by atoms with van der Waals surface area (Å²) in [6, 6.07) is -1.13. The molecule has 6 N–H and O–H groups in total. The highest BCUT2D eigenvalue weighted by Gasteiger charge is 2.29. The van der Waals surface area contributed by atoms with E-state index in [2.05, 4.69) is 25.3 Å². The van der Waals surface area contributed by atoms with E-state index in [1.807, 2.05) is 19.0 Å². The highest BCUT2D eigenvalue weighted by atomic mass is 16.7. The minimum atomic E-state index is -1.18. The Morgan fingerprint density at radius 2 is 2.18 bits per heavy atom. The first-order valence-electron chi connectivity index (χ1n) is 10.6. The summed E-state index contributed by atoms with van der Waals surface area (Å²) in [5, 5.41) is 11.6. The van der Waals surface area contributed by atoms with Crippen LogP contribution in [0.2, 0.25) is 0 Å². The molecule has 1 aliphatic rings. The molecule has 1 aliphatic heterocycles. The zero-order valence-corrected chi connectivity index (χ0v) is 19.0. The van der Waals surface area contributed by atoms with Crippen LogP contribution in [0.25, 0.3) is 11.2 Å². The van der Waals surface area contributed by atoms with E-state index in [9.17, 15) is 14.7 Å². The number of hydrogen-bond donors (Lipinski definition) is 4. The molecular weight excluding hydrogens is 450 g/mol. The van der Waals surface area contributed by atoms with Gasteiger partial charge in [-0.05, 0) is 12.8 Å². The van der Waals surface area contributed by atoms with Crippen molar-refractivity contribution in [3.8, 4) is 0 Å². The molecule has 0 aliphatic carbocycles. The monoisotopic (exact) mass is 479 g/mol. The second kappa shape index (κ2) is 11.4. The van der Waals surface area contributed by atoms with Crippen molar-refractivity contribution >= 4 is 35.0 Å². The number of imidazole rings is 1. The standard InChI is InChI=1S/C19H29N9O6/c1-27(2)15-14-16(24-9-23-15)28(10-25-14)6-13-32-7-11(34-13)8-33-19(31)26-12(17(29)30)4-3-5-22-18(20)21/h9-13H,3-8H2,1-2H3,(H,26,31)(H,29,30)(H4,20,21,22)/t11?,12-,13?/m0/s1. The van der Waals surface area contributed by atoms with E-state index in [-0.39, 0.29) is 32.1 Å². The normalized spacial score (nSPS) is 18.4. The quantitative estimate of drug-likeness (QED) is 0.171. The maximum absolute atomic E-state index is 12.0. The Morgan fingerprint density at radius 3 is 2.88 bits per heavy atom. The molecule has 0 saturated carbocycles. The van der Waals surface area contributed by atoms with Crippen molar-refractivity contribution in [1.82, 2.24) is 24.8 Å². The zero-order chi connectivity index (χ0) is 24.7. The number of nitrogens with zero attached hydrogens (tertiary/aromatic N) is 6. The highest BCUT2D eigenvalue weighted by Crippen LogP contribution is 2.21. The summed E-state index contributed by atoms with van der Waals surface area (Å²) in [5.41, 5.74) is 11.8. The Balaban J connectivity index is 1.45. The maximum Gasteiger partial charge on any atom is 0.407 e. The number of carboxylic acid groups (broad SMARTS) is 1. The van der Waals surface area contributed by atoms with Crippen LogP contribution < -0.4 is 21.7 Å². The van der Waals surface area contributed by atoms with Crippen molar-refractivity contribution < 1.29 is 28.9 Å². The van der Waals surface area contributed by atoms with Gasteiger partial charge in [0, 0.05) is 20.6 Å². The molecule has 1 fully saturated rings. The van der Waals surface area contributed by atoms with Gasteiger partial charge >= 0.3 is 12.1 Å². The summed E-state index contributed by atoms with van der Waals surface area (Å²) >= 11 is 0. The second-order valence-electron chi connectivity index (χ2n) is 7.76. The van der Waals surface area contributed by atoms with Crippen molar-refractivity contribution in [3.63, 3.8) is 0 Å². The van der Waals surface area contributed by atoms with Crippen LogP contribution in [0.3, 0.4) is 0 Å². The van der Waals surface area contributed by atoms with E-state index < -0.39 is 30.5 Å². The number of nitrogens with one attached hydrogen (secondary N) is 1. The predicted molar refractivity (Wildman–Crippen MR) is 120 cm³/mol. The van der Waals surface area contributed by atoms with Gasteiger partial charge in [-0.25, -0.2) is 24.5 Å². The van der Waals surface area contributed by atoms with Gasteiger partial charge < -0.3 is 45.6 Å². The highest BCUT2D eigenvalue weighted by molar-refractivity contribution is 5.83. The Bertz CT molecular complexity index is 1020. The number of aliphatic carboxylic acids is 1.